The van der Waals surface area contributed by atoms with Crippen LogP contribution in [0.25, 0.3) is 0 Å². The van der Waals surface area contributed by atoms with E-state index in [1.54, 1.807) is 0 Å². The number of hydrogen-bond donors (Lipinski definition) is 2. The van der Waals surface area contributed by atoms with Crippen molar-refractivity contribution in [1.29, 1.82) is 0 Å². The first kappa shape index (κ1) is 32.9. The van der Waals surface area contributed by atoms with Gasteiger partial charge in [-0.15, -0.1) is 24.8 Å². The van der Waals surface area contributed by atoms with Crippen molar-refractivity contribution >= 4 is 36.8 Å². The lowest BCUT2D eigenvalue weighted by Gasteiger charge is -2.55. The molecule has 1 aromatic carbocycles. The van der Waals surface area contributed by atoms with Gasteiger partial charge in [0.05, 0.1) is 0 Å². The number of piperidine rings is 1. The van der Waals surface area contributed by atoms with Gasteiger partial charge in [0.1, 0.15) is 6.10 Å². The molecule has 3 heterocycles. The molecular weight excluding hydrogens is 575 g/mol. The Morgan fingerprint density at radius 3 is 2.62 bits per heavy atom. The molecule has 2 bridgehead atoms. The third-order valence-electron chi connectivity index (χ3n) is 9.99. The normalized spacial score (nSPS) is 28.3. The van der Waals surface area contributed by atoms with E-state index in [1.165, 1.54) is 24.0 Å². The molecular formula is C32H48Cl2N4O4. The number of nitrogens with zero attached hydrogens (tertiary/aromatic N) is 2. The summed E-state index contributed by atoms with van der Waals surface area (Å²) in [4.78, 5) is 28.4. The fraction of sp³-hybridized carbons (Fsp3) is 0.688. The predicted octanol–water partition coefficient (Wildman–Crippen LogP) is 5.41. The maximum atomic E-state index is 13.1. The zero-order chi connectivity index (χ0) is 27.9. The zero-order valence-corrected chi connectivity index (χ0v) is 26.9. The average Bonchev–Trinajstić information content (AvgIpc) is 3.05. The van der Waals surface area contributed by atoms with E-state index in [4.69, 9.17) is 9.47 Å². The Morgan fingerprint density at radius 1 is 1.12 bits per heavy atom. The van der Waals surface area contributed by atoms with E-state index >= 15 is 0 Å². The molecule has 2 N–H and O–H groups in total. The van der Waals surface area contributed by atoms with Crippen LogP contribution in [0.1, 0.15) is 76.3 Å². The highest BCUT2D eigenvalue weighted by Gasteiger charge is 2.62. The van der Waals surface area contributed by atoms with Gasteiger partial charge in [-0.25, -0.2) is 9.80 Å². The molecule has 5 aliphatic rings. The van der Waals surface area contributed by atoms with Crippen LogP contribution in [0, 0.1) is 17.8 Å². The molecule has 42 heavy (non-hydrogen) atoms. The van der Waals surface area contributed by atoms with Crippen LogP contribution < -0.4 is 20.2 Å². The van der Waals surface area contributed by atoms with Crippen molar-refractivity contribution in [2.75, 3.05) is 33.2 Å². The van der Waals surface area contributed by atoms with Gasteiger partial charge in [-0.3, -0.25) is 10.2 Å². The quantitative estimate of drug-likeness (QED) is 0.377. The second-order valence-corrected chi connectivity index (χ2v) is 13.2. The molecule has 234 valence electrons. The second kappa shape index (κ2) is 13.7. The standard InChI is InChI=1S/C32H46N4O4.2ClH/c1-21(2)17-22(18-28(37)34-36-14-6-4-5-7-15-36)20-33-31(38)39-26-12-11-23-19-25-24-9-8-10-27-32(24,13-16-35(25)3)29(23)30(26)40-27;;/h8-9,11-12,21-22,24-25,27H,4-7,10,13-20H2,1-3H3,(H,33,38)(H,34,37);2*1H/t22?,24?,25?,27-,32+;;/m0../s1. The summed E-state index contributed by atoms with van der Waals surface area (Å²) < 4.78 is 12.5. The summed E-state index contributed by atoms with van der Waals surface area (Å²) in [6.07, 6.45) is 13.2. The number of benzene rings is 1. The van der Waals surface area contributed by atoms with E-state index in [1.807, 2.05) is 6.07 Å². The number of halogens is 2. The molecule has 0 aromatic heterocycles. The van der Waals surface area contributed by atoms with Gasteiger partial charge < -0.3 is 19.7 Å². The van der Waals surface area contributed by atoms with E-state index in [2.05, 4.69) is 59.8 Å². The highest BCUT2D eigenvalue weighted by molar-refractivity contribution is 5.85. The van der Waals surface area contributed by atoms with Gasteiger partial charge >= 0.3 is 6.09 Å². The van der Waals surface area contributed by atoms with Crippen LogP contribution in [-0.4, -0.2) is 67.3 Å². The average molecular weight is 624 g/mol. The second-order valence-electron chi connectivity index (χ2n) is 13.2. The highest BCUT2D eigenvalue weighted by atomic mass is 35.5. The van der Waals surface area contributed by atoms with E-state index in [0.29, 0.717) is 36.6 Å². The van der Waals surface area contributed by atoms with E-state index < -0.39 is 6.09 Å². The van der Waals surface area contributed by atoms with E-state index in [9.17, 15) is 9.59 Å². The molecule has 10 heteroatoms. The lowest BCUT2D eigenvalue weighted by Crippen LogP contribution is -2.62. The van der Waals surface area contributed by atoms with Gasteiger partial charge in [0.2, 0.25) is 5.91 Å². The number of carbonyl (C=O) groups excluding carboxylic acids is 2. The molecule has 1 aromatic rings. The molecule has 2 aliphatic carbocycles. The number of rotatable bonds is 8. The molecule has 3 unspecified atom stereocenters. The Bertz CT molecular complexity index is 1160. The first-order valence-electron chi connectivity index (χ1n) is 15.5. The smallest absolute Gasteiger partial charge is 0.412 e. The van der Waals surface area contributed by atoms with Crippen LogP contribution in [0.15, 0.2) is 24.3 Å². The van der Waals surface area contributed by atoms with Gasteiger partial charge in [0.15, 0.2) is 11.5 Å². The summed E-state index contributed by atoms with van der Waals surface area (Å²) >= 11 is 0. The summed E-state index contributed by atoms with van der Waals surface area (Å²) in [5.41, 5.74) is 5.70. The largest absolute Gasteiger partial charge is 0.485 e. The summed E-state index contributed by atoms with van der Waals surface area (Å²) in [6.45, 7) is 7.58. The number of amides is 2. The van der Waals surface area contributed by atoms with Crippen LogP contribution in [0.5, 0.6) is 11.5 Å². The van der Waals surface area contributed by atoms with Crippen LogP contribution in [-0.2, 0) is 16.6 Å². The van der Waals surface area contributed by atoms with Crippen LogP contribution in [0.2, 0.25) is 0 Å². The Hall–Kier alpha value is -2.00. The van der Waals surface area contributed by atoms with Crippen molar-refractivity contribution in [3.63, 3.8) is 0 Å². The van der Waals surface area contributed by atoms with Crippen molar-refractivity contribution in [3.05, 3.63) is 35.4 Å². The number of hydrazine groups is 1. The Morgan fingerprint density at radius 2 is 1.88 bits per heavy atom. The Kier molecular flexibility index (Phi) is 10.8. The monoisotopic (exact) mass is 622 g/mol. The first-order chi connectivity index (χ1) is 19.3. The summed E-state index contributed by atoms with van der Waals surface area (Å²) in [6, 6.07) is 4.54. The fourth-order valence-electron chi connectivity index (χ4n) is 8.22. The molecule has 0 saturated carbocycles. The maximum Gasteiger partial charge on any atom is 0.412 e. The van der Waals surface area contributed by atoms with Gasteiger partial charge in [0, 0.05) is 55.4 Å². The maximum absolute atomic E-state index is 13.1. The predicted molar refractivity (Wildman–Crippen MR) is 169 cm³/mol. The molecule has 5 atom stereocenters. The van der Waals surface area contributed by atoms with Crippen LogP contribution in [0.4, 0.5) is 4.79 Å². The number of likely N-dealkylation sites (tertiary alicyclic amines) is 1. The van der Waals surface area contributed by atoms with Crippen molar-refractivity contribution in [3.8, 4) is 11.5 Å². The zero-order valence-electron chi connectivity index (χ0n) is 25.2. The van der Waals surface area contributed by atoms with E-state index in [-0.39, 0.29) is 48.2 Å². The van der Waals surface area contributed by atoms with Gasteiger partial charge in [-0.05, 0) is 69.2 Å². The lowest BCUT2D eigenvalue weighted by atomic mass is 9.54. The van der Waals surface area contributed by atoms with E-state index in [0.717, 1.165) is 63.9 Å². The van der Waals surface area contributed by atoms with Gasteiger partial charge in [-0.1, -0.05) is 44.9 Å². The molecule has 2 saturated heterocycles. The SMILES string of the molecule is CC(C)CC(CNC(=O)Oc1ccc2c3c1O[C@H]1CC=CC4C(C2)N(C)CC[C@@]341)CC(=O)NN1CCCCCC1.Cl.Cl. The fourth-order valence-corrected chi connectivity index (χ4v) is 8.22. The number of likely N-dealkylation sites (N-methyl/N-ethyl adjacent to an activating group) is 1. The third-order valence-corrected chi connectivity index (χ3v) is 9.99. The lowest BCUT2D eigenvalue weighted by molar-refractivity contribution is -0.127. The molecule has 6 rings (SSSR count). The third kappa shape index (κ3) is 6.28. The van der Waals surface area contributed by atoms with Crippen molar-refractivity contribution in [2.24, 2.45) is 17.8 Å². The first-order valence-corrected chi connectivity index (χ1v) is 15.5. The summed E-state index contributed by atoms with van der Waals surface area (Å²) in [5.74, 6) is 2.20. The topological polar surface area (TPSA) is 83.1 Å². The van der Waals surface area contributed by atoms with Crippen LogP contribution >= 0.6 is 24.8 Å². The summed E-state index contributed by atoms with van der Waals surface area (Å²) in [5, 5.41) is 5.03. The minimum Gasteiger partial charge on any atom is -0.485 e. The molecule has 2 fully saturated rings. The number of nitrogens with one attached hydrogen (secondary N) is 2. The minimum absolute atomic E-state index is 0. The molecule has 0 radical (unpaired) electrons. The molecule has 1 spiro atoms. The van der Waals surface area contributed by atoms with Crippen molar-refractivity contribution in [1.82, 2.24) is 20.7 Å². The minimum atomic E-state index is -0.486. The number of ether oxygens (including phenoxy) is 2. The number of carbonyl (C=O) groups is 2. The molecule has 3 aliphatic heterocycles. The molecule has 8 nitrogen and oxygen atoms in total. The Balaban J connectivity index is 0.00000202. The van der Waals surface area contributed by atoms with Crippen LogP contribution in [0.3, 0.4) is 0 Å². The number of hydrogen-bond acceptors (Lipinski definition) is 6. The summed E-state index contributed by atoms with van der Waals surface area (Å²) in [7, 11) is 2.24. The molecule has 2 amide bonds. The highest BCUT2D eigenvalue weighted by Crippen LogP contribution is 2.62. The van der Waals surface area contributed by atoms with Gasteiger partial charge in [0.25, 0.3) is 0 Å². The van der Waals surface area contributed by atoms with Crippen molar-refractivity contribution in [2.45, 2.75) is 89.2 Å². The van der Waals surface area contributed by atoms with Gasteiger partial charge in [-0.2, -0.15) is 0 Å². The van der Waals surface area contributed by atoms with Crippen molar-refractivity contribution < 1.29 is 19.1 Å². The Labute approximate surface area is 263 Å².